The maximum atomic E-state index is 13.5. The molecule has 0 unspecified atom stereocenters. The number of piperazine rings is 1. The quantitative estimate of drug-likeness (QED) is 0.292. The Morgan fingerprint density at radius 2 is 1.74 bits per heavy atom. The number of benzene rings is 2. The van der Waals surface area contributed by atoms with Crippen LogP contribution in [0, 0.1) is 17.0 Å². The number of aromatic amines is 1. The average Bonchev–Trinajstić information content (AvgIpc) is 3.44. The van der Waals surface area contributed by atoms with Crippen LogP contribution in [0.2, 0.25) is 0 Å². The van der Waals surface area contributed by atoms with Gasteiger partial charge < -0.3 is 9.88 Å². The van der Waals surface area contributed by atoms with E-state index in [0.717, 1.165) is 47.8 Å². The number of H-pyrrole nitrogens is 1. The molecule has 1 atom stereocenters. The van der Waals surface area contributed by atoms with Crippen molar-refractivity contribution in [3.05, 3.63) is 86.0 Å². The summed E-state index contributed by atoms with van der Waals surface area (Å²) >= 11 is 0. The van der Waals surface area contributed by atoms with E-state index in [1.165, 1.54) is 6.42 Å². The van der Waals surface area contributed by atoms with Gasteiger partial charge in [0.15, 0.2) is 5.82 Å². The first-order valence-electron chi connectivity index (χ1n) is 13.6. The first kappa shape index (κ1) is 25.2. The van der Waals surface area contributed by atoms with E-state index in [1.54, 1.807) is 24.3 Å². The lowest BCUT2D eigenvalue weighted by Crippen LogP contribution is -2.49. The molecule has 0 amide bonds. The Labute approximate surface area is 225 Å². The van der Waals surface area contributed by atoms with Gasteiger partial charge in [0.2, 0.25) is 0 Å². The van der Waals surface area contributed by atoms with Gasteiger partial charge in [0.05, 0.1) is 11.0 Å². The molecule has 2 fully saturated rings. The molecule has 2 aromatic heterocycles. The van der Waals surface area contributed by atoms with E-state index < -0.39 is 6.04 Å². The number of nitrogens with one attached hydrogen (secondary N) is 1. The molecule has 2 aliphatic rings. The fourth-order valence-corrected chi connectivity index (χ4v) is 6.03. The van der Waals surface area contributed by atoms with Gasteiger partial charge in [-0.1, -0.05) is 30.9 Å². The highest BCUT2D eigenvalue weighted by atomic mass is 16.6. The molecule has 1 N–H and O–H groups in total. The minimum absolute atomic E-state index is 0.0813. The molecule has 202 valence electrons. The summed E-state index contributed by atoms with van der Waals surface area (Å²) in [7, 11) is 0. The van der Waals surface area contributed by atoms with Crippen LogP contribution in [0.1, 0.15) is 61.1 Å². The fraction of sp³-hybridized carbons (Fsp3) is 0.429. The van der Waals surface area contributed by atoms with Crippen molar-refractivity contribution in [2.75, 3.05) is 31.1 Å². The second-order valence-corrected chi connectivity index (χ2v) is 10.6. The van der Waals surface area contributed by atoms with E-state index in [1.807, 2.05) is 29.8 Å². The largest absolute Gasteiger partial charge is 0.369 e. The topological polar surface area (TPSA) is 126 Å². The summed E-state index contributed by atoms with van der Waals surface area (Å²) in [5.41, 5.74) is 3.47. The number of tetrazole rings is 1. The van der Waals surface area contributed by atoms with Crippen molar-refractivity contribution in [1.82, 2.24) is 30.1 Å². The molecule has 1 saturated carbocycles. The van der Waals surface area contributed by atoms with Crippen LogP contribution < -0.4 is 10.5 Å². The molecule has 0 radical (unpaired) electrons. The maximum absolute atomic E-state index is 13.5. The lowest BCUT2D eigenvalue weighted by Gasteiger charge is -2.40. The van der Waals surface area contributed by atoms with E-state index in [-0.39, 0.29) is 22.2 Å². The van der Waals surface area contributed by atoms with Crippen molar-refractivity contribution in [3.8, 4) is 0 Å². The fourth-order valence-electron chi connectivity index (χ4n) is 6.03. The number of nitrogens with zero attached hydrogens (tertiary/aromatic N) is 7. The van der Waals surface area contributed by atoms with Crippen molar-refractivity contribution in [3.63, 3.8) is 0 Å². The van der Waals surface area contributed by atoms with Crippen LogP contribution in [-0.2, 0) is 0 Å². The molecule has 4 aromatic rings. The second kappa shape index (κ2) is 10.6. The predicted molar refractivity (Wildman–Crippen MR) is 148 cm³/mol. The molecule has 1 saturated heterocycles. The van der Waals surface area contributed by atoms with Crippen molar-refractivity contribution >= 4 is 22.3 Å². The minimum atomic E-state index is -0.394. The summed E-state index contributed by atoms with van der Waals surface area (Å²) in [6, 6.07) is 14.5. The Balaban J connectivity index is 1.35. The van der Waals surface area contributed by atoms with Gasteiger partial charge in [-0.3, -0.25) is 19.8 Å². The molecule has 11 nitrogen and oxygen atoms in total. The molecule has 0 bridgehead atoms. The summed E-state index contributed by atoms with van der Waals surface area (Å²) in [5, 5.41) is 25.1. The van der Waals surface area contributed by atoms with Crippen LogP contribution >= 0.6 is 0 Å². The third kappa shape index (κ3) is 5.01. The van der Waals surface area contributed by atoms with Crippen molar-refractivity contribution < 1.29 is 4.92 Å². The zero-order valence-corrected chi connectivity index (χ0v) is 22.0. The van der Waals surface area contributed by atoms with Gasteiger partial charge in [0.25, 0.3) is 11.2 Å². The first-order chi connectivity index (χ1) is 19.0. The third-order valence-corrected chi connectivity index (χ3v) is 8.11. The first-order valence-corrected chi connectivity index (χ1v) is 13.6. The molecular weight excluding hydrogens is 496 g/mol. The molecule has 1 aliphatic carbocycles. The van der Waals surface area contributed by atoms with Crippen molar-refractivity contribution in [2.24, 2.45) is 0 Å². The Morgan fingerprint density at radius 1 is 1.00 bits per heavy atom. The molecule has 2 aromatic carbocycles. The van der Waals surface area contributed by atoms with E-state index in [0.29, 0.717) is 37.6 Å². The Morgan fingerprint density at radius 3 is 2.46 bits per heavy atom. The highest BCUT2D eigenvalue weighted by molar-refractivity contribution is 5.79. The van der Waals surface area contributed by atoms with Gasteiger partial charge in [-0.05, 0) is 65.9 Å². The number of non-ortho nitro benzene ring substituents is 1. The molecule has 11 heteroatoms. The second-order valence-electron chi connectivity index (χ2n) is 10.6. The van der Waals surface area contributed by atoms with Crippen LogP contribution in [0.4, 0.5) is 11.4 Å². The number of hydrogen-bond donors (Lipinski definition) is 1. The van der Waals surface area contributed by atoms with Gasteiger partial charge in [-0.25, -0.2) is 4.68 Å². The number of nitro groups is 1. The standard InChI is InChI=1S/C28H32N8O3/c1-19-7-12-25-20(17-19)18-24(28(37)29-25)26(27-30-31-32-35(27)22-5-3-2-4-6-22)34-15-13-33(14-16-34)21-8-10-23(11-9-21)36(38)39/h7-12,17-18,22,26H,2-6,13-16H2,1H3,(H,29,37)/t26-/m1/s1. The molecule has 3 heterocycles. The number of hydrogen-bond acceptors (Lipinski definition) is 8. The molecular formula is C28H32N8O3. The maximum Gasteiger partial charge on any atom is 0.269 e. The Hall–Kier alpha value is -4.12. The molecule has 1 aliphatic heterocycles. The van der Waals surface area contributed by atoms with Gasteiger partial charge in [0, 0.05) is 55.1 Å². The smallest absolute Gasteiger partial charge is 0.269 e. The number of aromatic nitrogens is 5. The van der Waals surface area contributed by atoms with E-state index >= 15 is 0 Å². The number of fused-ring (bicyclic) bond motifs is 1. The number of pyridine rings is 1. The lowest BCUT2D eigenvalue weighted by molar-refractivity contribution is -0.384. The zero-order chi connectivity index (χ0) is 26.9. The Kier molecular flexibility index (Phi) is 6.82. The van der Waals surface area contributed by atoms with Crippen molar-refractivity contribution in [1.29, 1.82) is 0 Å². The highest BCUT2D eigenvalue weighted by Crippen LogP contribution is 2.34. The number of rotatable bonds is 6. The SMILES string of the molecule is Cc1ccc2[nH]c(=O)c([C@H](c3nnnn3C3CCCCC3)N3CCN(c4ccc([N+](=O)[O-])cc4)CC3)cc2c1. The minimum Gasteiger partial charge on any atom is -0.369 e. The Bertz CT molecular complexity index is 1530. The number of aryl methyl sites for hydroxylation is 1. The van der Waals surface area contributed by atoms with Crippen LogP contribution in [0.3, 0.4) is 0 Å². The highest BCUT2D eigenvalue weighted by Gasteiger charge is 2.34. The average molecular weight is 529 g/mol. The van der Waals surface area contributed by atoms with Crippen molar-refractivity contribution in [2.45, 2.75) is 51.1 Å². The summed E-state index contributed by atoms with van der Waals surface area (Å²) < 4.78 is 1.96. The molecule has 39 heavy (non-hydrogen) atoms. The van der Waals surface area contributed by atoms with Crippen LogP contribution in [0.5, 0.6) is 0 Å². The van der Waals surface area contributed by atoms with Crippen LogP contribution in [-0.4, -0.2) is 61.2 Å². The lowest BCUT2D eigenvalue weighted by atomic mass is 9.95. The summed E-state index contributed by atoms with van der Waals surface area (Å²) in [6.45, 7) is 4.84. The summed E-state index contributed by atoms with van der Waals surface area (Å²) in [4.78, 5) is 31.8. The number of anilines is 1. The molecule has 0 spiro atoms. The van der Waals surface area contributed by atoms with Crippen LogP contribution in [0.15, 0.2) is 53.3 Å². The normalized spacial score (nSPS) is 17.9. The molecule has 6 rings (SSSR count). The summed E-state index contributed by atoms with van der Waals surface area (Å²) in [6.07, 6.45) is 5.60. The van der Waals surface area contributed by atoms with Gasteiger partial charge in [-0.15, -0.1) is 5.10 Å². The third-order valence-electron chi connectivity index (χ3n) is 8.11. The van der Waals surface area contributed by atoms with Crippen LogP contribution in [0.25, 0.3) is 10.9 Å². The van der Waals surface area contributed by atoms with E-state index in [2.05, 4.69) is 36.4 Å². The van der Waals surface area contributed by atoms with Gasteiger partial charge >= 0.3 is 0 Å². The van der Waals surface area contributed by atoms with Gasteiger partial charge in [0.1, 0.15) is 6.04 Å². The van der Waals surface area contributed by atoms with Gasteiger partial charge in [-0.2, -0.15) is 0 Å². The number of nitro benzene ring substituents is 1. The summed E-state index contributed by atoms with van der Waals surface area (Å²) in [5.74, 6) is 0.711. The van der Waals surface area contributed by atoms with E-state index in [4.69, 9.17) is 0 Å². The zero-order valence-electron chi connectivity index (χ0n) is 22.0. The van der Waals surface area contributed by atoms with E-state index in [9.17, 15) is 14.9 Å². The monoisotopic (exact) mass is 528 g/mol. The predicted octanol–water partition coefficient (Wildman–Crippen LogP) is 4.15.